The molecule has 0 aromatic heterocycles. The summed E-state index contributed by atoms with van der Waals surface area (Å²) in [7, 11) is 2.14. The number of benzene rings is 2. The maximum atomic E-state index is 13.9. The van der Waals surface area contributed by atoms with Crippen LogP contribution in [-0.2, 0) is 19.6 Å². The van der Waals surface area contributed by atoms with Gasteiger partial charge in [-0.15, -0.1) is 0 Å². The first-order chi connectivity index (χ1) is 16.3. The van der Waals surface area contributed by atoms with Crippen LogP contribution in [0.25, 0.3) is 0 Å². The molecule has 2 atom stereocenters. The van der Waals surface area contributed by atoms with E-state index in [1.165, 1.54) is 28.3 Å². The third-order valence-corrected chi connectivity index (χ3v) is 7.74. The average Bonchev–Trinajstić information content (AvgIpc) is 2.87. The van der Waals surface area contributed by atoms with Gasteiger partial charge in [0.25, 0.3) is 5.91 Å². The van der Waals surface area contributed by atoms with Gasteiger partial charge in [0, 0.05) is 42.5 Å². The minimum atomic E-state index is -3.76. The summed E-state index contributed by atoms with van der Waals surface area (Å²) in [5.74, 6) is -0.0313. The summed E-state index contributed by atoms with van der Waals surface area (Å²) >= 11 is 6.40. The largest absolute Gasteiger partial charge is 0.493 e. The van der Waals surface area contributed by atoms with Crippen LogP contribution in [0.3, 0.4) is 0 Å². The maximum absolute atomic E-state index is 13.9. The molecule has 1 aliphatic heterocycles. The summed E-state index contributed by atoms with van der Waals surface area (Å²) in [6.45, 7) is 6.38. The predicted molar refractivity (Wildman–Crippen MR) is 137 cm³/mol. The Morgan fingerprint density at radius 2 is 1.77 bits per heavy atom. The Labute approximate surface area is 212 Å². The Morgan fingerprint density at radius 1 is 1.09 bits per heavy atom. The molecule has 3 rings (SSSR count). The van der Waals surface area contributed by atoms with Gasteiger partial charge in [-0.3, -0.25) is 4.79 Å². The molecule has 0 N–H and O–H groups in total. The number of methoxy groups -OCH3 is 2. The van der Waals surface area contributed by atoms with Crippen molar-refractivity contribution in [2.75, 3.05) is 45.5 Å². The van der Waals surface area contributed by atoms with Crippen LogP contribution in [-0.4, -0.2) is 65.3 Å². The molecular formula is C25H33ClN2O6S. The normalized spacial score (nSPS) is 18.9. The van der Waals surface area contributed by atoms with Gasteiger partial charge < -0.3 is 19.1 Å². The Balaban J connectivity index is 2.29. The molecule has 0 aliphatic carbocycles. The lowest BCUT2D eigenvalue weighted by atomic mass is 9.94. The van der Waals surface area contributed by atoms with Crippen molar-refractivity contribution in [2.24, 2.45) is 5.41 Å². The van der Waals surface area contributed by atoms with Crippen molar-refractivity contribution in [3.8, 4) is 11.5 Å². The number of sulfonamides is 1. The molecule has 1 amide bonds. The van der Waals surface area contributed by atoms with Crippen molar-refractivity contribution < 1.29 is 27.4 Å². The number of ether oxygens (including phenoxy) is 3. The lowest BCUT2D eigenvalue weighted by Crippen LogP contribution is -2.47. The van der Waals surface area contributed by atoms with Gasteiger partial charge in [0.15, 0.2) is 17.6 Å². The van der Waals surface area contributed by atoms with Gasteiger partial charge in [-0.2, -0.15) is 0 Å². The highest BCUT2D eigenvalue weighted by Gasteiger charge is 2.41. The number of carbonyl (C=O) groups is 1. The van der Waals surface area contributed by atoms with Crippen molar-refractivity contribution in [1.29, 1.82) is 0 Å². The number of para-hydroxylation sites is 1. The van der Waals surface area contributed by atoms with Crippen LogP contribution in [0.1, 0.15) is 38.0 Å². The van der Waals surface area contributed by atoms with Crippen molar-refractivity contribution in [1.82, 2.24) is 4.31 Å². The zero-order valence-electron chi connectivity index (χ0n) is 21.2. The Hall–Kier alpha value is -2.33. The number of nitrogens with zero attached hydrogens (tertiary/aromatic N) is 2. The molecule has 35 heavy (non-hydrogen) atoms. The van der Waals surface area contributed by atoms with Gasteiger partial charge in [-0.1, -0.05) is 44.5 Å². The standard InChI is InChI=1S/C25H33ClN2O6S/c1-25(2,3)15-28-19-12-11-16(26)13-18(19)22(17-9-8-10-20(32-6)23(17)33-7)34-21(24(28)29)14-35(30,31)27(4)5/h8-13,21-22H,14-15H2,1-7H3/t21-,22-/m1/s1. The van der Waals surface area contributed by atoms with Crippen LogP contribution in [0.4, 0.5) is 5.69 Å². The van der Waals surface area contributed by atoms with E-state index in [1.807, 2.05) is 20.8 Å². The first kappa shape index (κ1) is 27.3. The molecule has 8 nitrogen and oxygen atoms in total. The van der Waals surface area contributed by atoms with Gasteiger partial charge >= 0.3 is 0 Å². The molecule has 0 unspecified atom stereocenters. The first-order valence-corrected chi connectivity index (χ1v) is 13.1. The fourth-order valence-corrected chi connectivity index (χ4v) is 5.10. The van der Waals surface area contributed by atoms with Gasteiger partial charge in [-0.05, 0) is 29.7 Å². The van der Waals surface area contributed by atoms with E-state index in [9.17, 15) is 13.2 Å². The summed E-state index contributed by atoms with van der Waals surface area (Å²) in [5, 5.41) is 0.460. The van der Waals surface area contributed by atoms with Gasteiger partial charge in [0.05, 0.1) is 20.0 Å². The van der Waals surface area contributed by atoms with Crippen molar-refractivity contribution in [2.45, 2.75) is 33.0 Å². The van der Waals surface area contributed by atoms with E-state index >= 15 is 0 Å². The first-order valence-electron chi connectivity index (χ1n) is 11.2. The molecule has 0 saturated heterocycles. The maximum Gasteiger partial charge on any atom is 0.257 e. The van der Waals surface area contributed by atoms with E-state index < -0.39 is 33.9 Å². The number of hydrogen-bond donors (Lipinski definition) is 0. The smallest absolute Gasteiger partial charge is 0.257 e. The topological polar surface area (TPSA) is 85.4 Å². The summed E-state index contributed by atoms with van der Waals surface area (Å²) in [6.07, 6.45) is -2.11. The van der Waals surface area contributed by atoms with Crippen LogP contribution < -0.4 is 14.4 Å². The van der Waals surface area contributed by atoms with Crippen molar-refractivity contribution >= 4 is 33.2 Å². The molecule has 2 aromatic carbocycles. The number of amides is 1. The van der Waals surface area contributed by atoms with Crippen LogP contribution in [0.5, 0.6) is 11.5 Å². The Kier molecular flexibility index (Phi) is 8.06. The number of rotatable bonds is 7. The predicted octanol–water partition coefficient (Wildman–Crippen LogP) is 4.12. The van der Waals surface area contributed by atoms with Crippen molar-refractivity contribution in [3.63, 3.8) is 0 Å². The highest BCUT2D eigenvalue weighted by molar-refractivity contribution is 7.89. The van der Waals surface area contributed by atoms with Crippen LogP contribution in [0.15, 0.2) is 36.4 Å². The highest BCUT2D eigenvalue weighted by Crippen LogP contribution is 2.45. The van der Waals surface area contributed by atoms with Crippen LogP contribution in [0, 0.1) is 5.41 Å². The summed E-state index contributed by atoms with van der Waals surface area (Å²) < 4.78 is 44.3. The average molecular weight is 525 g/mol. The summed E-state index contributed by atoms with van der Waals surface area (Å²) in [5.41, 5.74) is 1.55. The van der Waals surface area contributed by atoms with Gasteiger partial charge in [0.1, 0.15) is 6.10 Å². The molecule has 192 valence electrons. The molecule has 0 radical (unpaired) electrons. The van der Waals surface area contributed by atoms with E-state index in [1.54, 1.807) is 41.3 Å². The zero-order valence-corrected chi connectivity index (χ0v) is 22.7. The van der Waals surface area contributed by atoms with Crippen LogP contribution in [0.2, 0.25) is 5.02 Å². The van der Waals surface area contributed by atoms with Gasteiger partial charge in [0.2, 0.25) is 10.0 Å². The minimum Gasteiger partial charge on any atom is -0.493 e. The van der Waals surface area contributed by atoms with Gasteiger partial charge in [-0.25, -0.2) is 12.7 Å². The number of carbonyl (C=O) groups excluding carboxylic acids is 1. The fourth-order valence-electron chi connectivity index (χ4n) is 4.02. The molecule has 0 spiro atoms. The fraction of sp³-hybridized carbons (Fsp3) is 0.480. The lowest BCUT2D eigenvalue weighted by molar-refractivity contribution is -0.130. The van der Waals surface area contributed by atoms with E-state index in [4.69, 9.17) is 25.8 Å². The Bertz CT molecular complexity index is 1190. The lowest BCUT2D eigenvalue weighted by Gasteiger charge is -2.31. The van der Waals surface area contributed by atoms with E-state index in [2.05, 4.69) is 0 Å². The second-order valence-corrected chi connectivity index (χ2v) is 12.5. The molecule has 0 saturated carbocycles. The third-order valence-electron chi connectivity index (χ3n) is 5.67. The van der Waals surface area contributed by atoms with E-state index in [0.717, 1.165) is 4.31 Å². The van der Waals surface area contributed by atoms with Crippen LogP contribution >= 0.6 is 11.6 Å². The molecular weight excluding hydrogens is 492 g/mol. The summed E-state index contributed by atoms with van der Waals surface area (Å²) in [6, 6.07) is 10.6. The number of fused-ring (bicyclic) bond motifs is 1. The zero-order chi connectivity index (χ0) is 26.1. The van der Waals surface area contributed by atoms with E-state index in [0.29, 0.717) is 39.9 Å². The molecule has 0 bridgehead atoms. The second-order valence-electron chi connectivity index (χ2n) is 9.84. The SMILES string of the molecule is COc1cccc([C@H]2O[C@H](CS(=O)(=O)N(C)C)C(=O)N(CC(C)(C)C)c3ccc(Cl)cc32)c1OC. The quantitative estimate of drug-likeness (QED) is 0.541. The molecule has 0 fully saturated rings. The Morgan fingerprint density at radius 3 is 2.34 bits per heavy atom. The highest BCUT2D eigenvalue weighted by atomic mass is 35.5. The van der Waals surface area contributed by atoms with Crippen molar-refractivity contribution in [3.05, 3.63) is 52.5 Å². The minimum absolute atomic E-state index is 0.273. The molecule has 2 aromatic rings. The number of anilines is 1. The van der Waals surface area contributed by atoms with E-state index in [-0.39, 0.29) is 5.41 Å². The monoisotopic (exact) mass is 524 g/mol. The third kappa shape index (κ3) is 5.91. The molecule has 1 aliphatic rings. The number of hydrogen-bond acceptors (Lipinski definition) is 6. The molecule has 10 heteroatoms. The molecule has 1 heterocycles. The summed E-state index contributed by atoms with van der Waals surface area (Å²) in [4.78, 5) is 15.5. The number of halogens is 1. The second kappa shape index (κ2) is 10.3.